The summed E-state index contributed by atoms with van der Waals surface area (Å²) in [6.07, 6.45) is 0. The molecule has 0 radical (unpaired) electrons. The average molecular weight is 532 g/mol. The first-order valence-corrected chi connectivity index (χ1v) is 30.2. The molecule has 0 fully saturated rings. The molecule has 0 saturated heterocycles. The monoisotopic (exact) mass is 532 g/mol. The van der Waals surface area contributed by atoms with Crippen molar-refractivity contribution in [3.8, 4) is 0 Å². The van der Waals surface area contributed by atoms with Crippen LogP contribution >= 0.6 is 62.7 Å². The summed E-state index contributed by atoms with van der Waals surface area (Å²) < 4.78 is 0. The Morgan fingerprint density at radius 3 is 1.20 bits per heavy atom. The van der Waals surface area contributed by atoms with Crippen LogP contribution in [0.3, 0.4) is 0 Å². The van der Waals surface area contributed by atoms with Crippen molar-refractivity contribution in [1.29, 1.82) is 0 Å². The van der Waals surface area contributed by atoms with Gasteiger partial charge in [-0.25, -0.2) is 0 Å². The molecule has 0 aromatic carbocycles. The summed E-state index contributed by atoms with van der Waals surface area (Å²) in [6, 6.07) is 0. The van der Waals surface area contributed by atoms with E-state index >= 15 is 0 Å². The fraction of sp³-hybridized carbons (Fsp3) is 0. The second-order valence-electron chi connectivity index (χ2n) is 0.429. The summed E-state index contributed by atoms with van der Waals surface area (Å²) >= 11 is 11.8. The molecule has 0 atom stereocenters. The molecule has 0 aliphatic carbocycles. The van der Waals surface area contributed by atoms with E-state index in [-0.39, 0.29) is 0 Å². The predicted octanol–water partition coefficient (Wildman–Crippen LogP) is 3.08. The molecule has 0 aromatic heterocycles. The third-order valence-corrected chi connectivity index (χ3v) is 0. The fourth-order valence-electron chi connectivity index (χ4n) is 0. The van der Waals surface area contributed by atoms with Crippen LogP contribution in [-0.4, -0.2) is 6.00 Å². The molecule has 0 aromatic rings. The Bertz CT molecular complexity index is 23.1. The number of rotatable bonds is 0. The van der Waals surface area contributed by atoms with Crippen LogP contribution in [0.25, 0.3) is 0 Å². The molecule has 0 saturated carbocycles. The quantitative estimate of drug-likeness (QED) is 0.333. The van der Waals surface area contributed by atoms with Gasteiger partial charge in [-0.1, -0.05) is 0 Å². The van der Waals surface area contributed by atoms with Crippen molar-refractivity contribution in [3.63, 3.8) is 0 Å². The summed E-state index contributed by atoms with van der Waals surface area (Å²) in [5, 5.41) is 0. The molecule has 0 aliphatic heterocycles. The van der Waals surface area contributed by atoms with E-state index in [1.54, 1.807) is 0 Å². The zero-order valence-corrected chi connectivity index (χ0v) is 12.4. The number of halogens is 4. The molecular formula is Br2I2Sn. The normalized spacial score (nSPS) is 12.0. The first kappa shape index (κ1) is 8.22. The molecule has 0 spiro atoms. The zero-order chi connectivity index (χ0) is 4.50. The predicted molar refractivity (Wildman–Crippen MR) is 51.6 cm³/mol. The van der Waals surface area contributed by atoms with Crippen molar-refractivity contribution in [2.24, 2.45) is 0 Å². The Hall–Kier alpha value is 3.22. The SMILES string of the molecule is [Br][Sn]([Br])([I])[I]. The summed E-state index contributed by atoms with van der Waals surface area (Å²) in [4.78, 5) is 0. The molecule has 0 amide bonds. The van der Waals surface area contributed by atoms with Crippen molar-refractivity contribution in [2.75, 3.05) is 0 Å². The van der Waals surface area contributed by atoms with E-state index < -0.39 is 6.00 Å². The molecule has 0 unspecified atom stereocenters. The van der Waals surface area contributed by atoms with Crippen molar-refractivity contribution >= 4 is 68.7 Å². The van der Waals surface area contributed by atoms with E-state index in [0.717, 1.165) is 0 Å². The Morgan fingerprint density at radius 1 is 1.20 bits per heavy atom. The molecule has 0 bridgehead atoms. The van der Waals surface area contributed by atoms with Crippen molar-refractivity contribution in [1.82, 2.24) is 0 Å². The first-order chi connectivity index (χ1) is 2.00. The minimum absolute atomic E-state index is 1.61. The fourth-order valence-corrected chi connectivity index (χ4v) is 0. The van der Waals surface area contributed by atoms with E-state index in [1.165, 1.54) is 0 Å². The zero-order valence-electron chi connectivity index (χ0n) is 2.01. The molecular weight excluding hydrogens is 532 g/mol. The Morgan fingerprint density at radius 2 is 1.20 bits per heavy atom. The number of hydrogen-bond acceptors (Lipinski definition) is 0. The van der Waals surface area contributed by atoms with Gasteiger partial charge in [-0.3, -0.25) is 0 Å². The van der Waals surface area contributed by atoms with E-state index in [4.69, 9.17) is 0 Å². The maximum absolute atomic E-state index is 3.47. The second-order valence-corrected chi connectivity index (χ2v) is 101. The van der Waals surface area contributed by atoms with Crippen LogP contribution in [0, 0.1) is 0 Å². The van der Waals surface area contributed by atoms with Crippen molar-refractivity contribution in [3.05, 3.63) is 0 Å². The number of hydrogen-bond donors (Lipinski definition) is 0. The second kappa shape index (κ2) is 3.28. The molecule has 0 nitrogen and oxygen atoms in total. The van der Waals surface area contributed by atoms with E-state index in [0.29, 0.717) is 0 Å². The Balaban J connectivity index is 3.02. The third kappa shape index (κ3) is 19.0. The van der Waals surface area contributed by atoms with Gasteiger partial charge in [-0.05, 0) is 0 Å². The van der Waals surface area contributed by atoms with E-state index in [2.05, 4.69) is 62.7 Å². The summed E-state index contributed by atoms with van der Waals surface area (Å²) in [5.41, 5.74) is 0. The van der Waals surface area contributed by atoms with Crippen LogP contribution in [0.1, 0.15) is 0 Å². The first-order valence-electron chi connectivity index (χ1n) is 0.756. The van der Waals surface area contributed by atoms with Gasteiger partial charge in [0.25, 0.3) is 0 Å². The van der Waals surface area contributed by atoms with Gasteiger partial charge in [0.1, 0.15) is 0 Å². The molecule has 0 N–H and O–H groups in total. The average Bonchev–Trinajstić information content (AvgIpc) is 0.722. The third-order valence-electron chi connectivity index (χ3n) is 0. The van der Waals surface area contributed by atoms with Gasteiger partial charge in [0.2, 0.25) is 0 Å². The van der Waals surface area contributed by atoms with Gasteiger partial charge in [0, 0.05) is 0 Å². The maximum atomic E-state index is 3.47. The molecule has 32 valence electrons. The van der Waals surface area contributed by atoms with Gasteiger partial charge in [-0.2, -0.15) is 0 Å². The topological polar surface area (TPSA) is 0 Å². The van der Waals surface area contributed by atoms with Crippen LogP contribution < -0.4 is 0 Å². The molecule has 5 heteroatoms. The van der Waals surface area contributed by atoms with E-state index in [9.17, 15) is 0 Å². The standard InChI is InChI=1S/2BrH.2HI.Sn/h4*1H;/q;;;;+4/p-4. The van der Waals surface area contributed by atoms with Gasteiger partial charge in [0.05, 0.1) is 0 Å². The van der Waals surface area contributed by atoms with Gasteiger partial charge >= 0.3 is 68.7 Å². The van der Waals surface area contributed by atoms with E-state index in [1.807, 2.05) is 0 Å². The van der Waals surface area contributed by atoms with Gasteiger partial charge in [0.15, 0.2) is 0 Å². The van der Waals surface area contributed by atoms with Crippen LogP contribution in [0.5, 0.6) is 0 Å². The van der Waals surface area contributed by atoms with Crippen molar-refractivity contribution in [2.45, 2.75) is 0 Å². The van der Waals surface area contributed by atoms with Crippen LogP contribution in [0.2, 0.25) is 0 Å². The molecule has 0 aliphatic rings. The summed E-state index contributed by atoms with van der Waals surface area (Å²) in [6.45, 7) is 0. The molecule has 5 heavy (non-hydrogen) atoms. The van der Waals surface area contributed by atoms with Gasteiger partial charge in [-0.15, -0.1) is 0 Å². The minimum atomic E-state index is -1.61. The van der Waals surface area contributed by atoms with Crippen LogP contribution in [-0.2, 0) is 0 Å². The summed E-state index contributed by atoms with van der Waals surface area (Å²) in [7, 11) is 0. The summed E-state index contributed by atoms with van der Waals surface area (Å²) in [5.74, 6) is -1.61. The van der Waals surface area contributed by atoms with Gasteiger partial charge < -0.3 is 0 Å². The van der Waals surface area contributed by atoms with Crippen LogP contribution in [0.15, 0.2) is 0 Å². The Kier molecular flexibility index (Phi) is 5.40. The Labute approximate surface area is 66.6 Å². The molecule has 0 rings (SSSR count). The molecule has 0 heterocycles. The van der Waals surface area contributed by atoms with Crippen molar-refractivity contribution < 1.29 is 0 Å². The van der Waals surface area contributed by atoms with Crippen LogP contribution in [0.4, 0.5) is 0 Å².